The fourth-order valence-corrected chi connectivity index (χ4v) is 3.13. The van der Waals surface area contributed by atoms with Gasteiger partial charge in [-0.1, -0.05) is 15.9 Å². The van der Waals surface area contributed by atoms with Gasteiger partial charge >= 0.3 is 0 Å². The molecule has 0 saturated carbocycles. The topological polar surface area (TPSA) is 49.3 Å². The van der Waals surface area contributed by atoms with Gasteiger partial charge in [0.25, 0.3) is 0 Å². The molecule has 1 heterocycles. The zero-order valence-corrected chi connectivity index (χ0v) is 15.6. The molecule has 0 unspecified atom stereocenters. The molecule has 0 spiro atoms. The molecule has 2 aromatic rings. The molecule has 0 atom stereocenters. The van der Waals surface area contributed by atoms with Gasteiger partial charge in [-0.3, -0.25) is 0 Å². The monoisotopic (exact) mass is 398 g/mol. The molecule has 0 amide bonds. The lowest BCUT2D eigenvalue weighted by Crippen LogP contribution is -2.38. The van der Waals surface area contributed by atoms with Crippen molar-refractivity contribution in [3.63, 3.8) is 0 Å². The third-order valence-corrected chi connectivity index (χ3v) is 4.47. The minimum atomic E-state index is -0.185. The first kappa shape index (κ1) is 17.9. The summed E-state index contributed by atoms with van der Waals surface area (Å²) in [6, 6.07) is 4.98. The summed E-state index contributed by atoms with van der Waals surface area (Å²) in [7, 11) is 0. The van der Waals surface area contributed by atoms with Crippen LogP contribution in [0.15, 0.2) is 33.9 Å². The number of aromatic nitrogens is 1. The van der Waals surface area contributed by atoms with Crippen molar-refractivity contribution in [3.05, 3.63) is 50.1 Å². The van der Waals surface area contributed by atoms with Crippen LogP contribution in [0.3, 0.4) is 0 Å². The summed E-state index contributed by atoms with van der Waals surface area (Å²) in [6.45, 7) is 5.96. The first-order valence-corrected chi connectivity index (χ1v) is 9.07. The maximum atomic E-state index is 13.7. The summed E-state index contributed by atoms with van der Waals surface area (Å²) in [5.41, 5.74) is 0.679. The summed E-state index contributed by atoms with van der Waals surface area (Å²) in [5.74, 6) is 0.533. The predicted octanol–water partition coefficient (Wildman–Crippen LogP) is 3.65. The third kappa shape index (κ3) is 5.91. The molecule has 4 nitrogen and oxygen atoms in total. The lowest BCUT2D eigenvalue weighted by Gasteiger charge is -2.11. The SMILES string of the molecule is CCNC(=NCc1ncc(C)s1)NCCc1cc(Br)ccc1F. The summed E-state index contributed by atoms with van der Waals surface area (Å²) in [4.78, 5) is 9.98. The van der Waals surface area contributed by atoms with E-state index in [0.29, 0.717) is 25.1 Å². The van der Waals surface area contributed by atoms with Crippen LogP contribution in [0.5, 0.6) is 0 Å². The van der Waals surface area contributed by atoms with E-state index in [4.69, 9.17) is 0 Å². The van der Waals surface area contributed by atoms with E-state index < -0.39 is 0 Å². The van der Waals surface area contributed by atoms with Crippen LogP contribution in [0, 0.1) is 12.7 Å². The number of hydrogen-bond donors (Lipinski definition) is 2. The molecule has 0 radical (unpaired) electrons. The lowest BCUT2D eigenvalue weighted by molar-refractivity contribution is 0.606. The quantitative estimate of drug-likeness (QED) is 0.576. The number of halogens is 2. The van der Waals surface area contributed by atoms with Crippen molar-refractivity contribution in [2.24, 2.45) is 4.99 Å². The highest BCUT2D eigenvalue weighted by Crippen LogP contribution is 2.15. The van der Waals surface area contributed by atoms with Crippen LogP contribution < -0.4 is 10.6 Å². The van der Waals surface area contributed by atoms with Crippen LogP contribution in [0.1, 0.15) is 22.4 Å². The molecule has 7 heteroatoms. The van der Waals surface area contributed by atoms with Gasteiger partial charge in [0.05, 0.1) is 6.54 Å². The smallest absolute Gasteiger partial charge is 0.191 e. The van der Waals surface area contributed by atoms with Crippen molar-refractivity contribution in [3.8, 4) is 0 Å². The molecular weight excluding hydrogens is 379 g/mol. The Balaban J connectivity index is 1.90. The zero-order chi connectivity index (χ0) is 16.7. The fourth-order valence-electron chi connectivity index (χ4n) is 2.01. The number of hydrogen-bond acceptors (Lipinski definition) is 3. The molecule has 0 aliphatic carbocycles. The number of nitrogens with zero attached hydrogens (tertiary/aromatic N) is 2. The summed E-state index contributed by atoms with van der Waals surface area (Å²) >= 11 is 5.01. The Morgan fingerprint density at radius 3 is 2.91 bits per heavy atom. The second-order valence-corrected chi connectivity index (χ2v) is 7.21. The second-order valence-electron chi connectivity index (χ2n) is 4.97. The number of rotatable bonds is 6. The summed E-state index contributed by atoms with van der Waals surface area (Å²) in [6.07, 6.45) is 2.44. The molecule has 0 fully saturated rings. The first-order chi connectivity index (χ1) is 11.1. The second kappa shape index (κ2) is 8.98. The van der Waals surface area contributed by atoms with Crippen LogP contribution >= 0.6 is 27.3 Å². The summed E-state index contributed by atoms with van der Waals surface area (Å²) in [5, 5.41) is 7.40. The highest BCUT2D eigenvalue weighted by atomic mass is 79.9. The Labute approximate surface area is 148 Å². The molecule has 0 aliphatic heterocycles. The van der Waals surface area contributed by atoms with Crippen molar-refractivity contribution in [2.45, 2.75) is 26.8 Å². The minimum Gasteiger partial charge on any atom is -0.357 e. The number of aliphatic imine (C=N–C) groups is 1. The number of nitrogens with one attached hydrogen (secondary N) is 2. The van der Waals surface area contributed by atoms with Crippen molar-refractivity contribution in [1.29, 1.82) is 0 Å². The Bertz CT molecular complexity index is 672. The minimum absolute atomic E-state index is 0.185. The molecule has 1 aromatic carbocycles. The van der Waals surface area contributed by atoms with Gasteiger partial charge in [-0.15, -0.1) is 11.3 Å². The Kier molecular flexibility index (Phi) is 6.98. The lowest BCUT2D eigenvalue weighted by atomic mass is 10.1. The highest BCUT2D eigenvalue weighted by Gasteiger charge is 2.04. The van der Waals surface area contributed by atoms with Crippen LogP contribution in [0.25, 0.3) is 0 Å². The van der Waals surface area contributed by atoms with Gasteiger partial charge in [-0.05, 0) is 44.0 Å². The van der Waals surface area contributed by atoms with E-state index in [1.165, 1.54) is 10.9 Å². The van der Waals surface area contributed by atoms with Crippen LogP contribution in [-0.4, -0.2) is 24.0 Å². The van der Waals surface area contributed by atoms with E-state index in [-0.39, 0.29) is 5.82 Å². The van der Waals surface area contributed by atoms with Gasteiger partial charge in [0.1, 0.15) is 10.8 Å². The molecule has 124 valence electrons. The zero-order valence-electron chi connectivity index (χ0n) is 13.2. The van der Waals surface area contributed by atoms with E-state index in [0.717, 1.165) is 22.0 Å². The van der Waals surface area contributed by atoms with Gasteiger partial charge < -0.3 is 10.6 Å². The van der Waals surface area contributed by atoms with E-state index in [2.05, 4.69) is 36.5 Å². The van der Waals surface area contributed by atoms with Crippen molar-refractivity contribution >= 4 is 33.2 Å². The van der Waals surface area contributed by atoms with E-state index >= 15 is 0 Å². The Morgan fingerprint density at radius 1 is 1.39 bits per heavy atom. The average molecular weight is 399 g/mol. The molecule has 2 rings (SSSR count). The molecule has 1 aromatic heterocycles. The number of aryl methyl sites for hydroxylation is 1. The van der Waals surface area contributed by atoms with Gasteiger partial charge in [0.2, 0.25) is 0 Å². The van der Waals surface area contributed by atoms with E-state index in [1.807, 2.05) is 20.0 Å². The van der Waals surface area contributed by atoms with Crippen molar-refractivity contribution < 1.29 is 4.39 Å². The Hall–Kier alpha value is -1.47. The van der Waals surface area contributed by atoms with Crippen LogP contribution in [0.2, 0.25) is 0 Å². The maximum Gasteiger partial charge on any atom is 0.191 e. The van der Waals surface area contributed by atoms with Gasteiger partial charge in [0, 0.05) is 28.6 Å². The fraction of sp³-hybridized carbons (Fsp3) is 0.375. The van der Waals surface area contributed by atoms with Crippen molar-refractivity contribution in [1.82, 2.24) is 15.6 Å². The molecule has 0 bridgehead atoms. The normalized spacial score (nSPS) is 11.6. The number of guanidine groups is 1. The van der Waals surface area contributed by atoms with Gasteiger partial charge in [-0.2, -0.15) is 0 Å². The van der Waals surface area contributed by atoms with E-state index in [9.17, 15) is 4.39 Å². The summed E-state index contributed by atoms with van der Waals surface area (Å²) < 4.78 is 14.6. The highest BCUT2D eigenvalue weighted by molar-refractivity contribution is 9.10. The standard InChI is InChI=1S/C16H20BrFN4S/c1-3-19-16(22-10-15-21-9-11(2)23-15)20-7-6-12-8-13(17)4-5-14(12)18/h4-5,8-9H,3,6-7,10H2,1-2H3,(H2,19,20,22). The van der Waals surface area contributed by atoms with Gasteiger partial charge in [0.15, 0.2) is 5.96 Å². The third-order valence-electron chi connectivity index (χ3n) is 3.08. The van der Waals surface area contributed by atoms with Crippen LogP contribution in [-0.2, 0) is 13.0 Å². The molecule has 23 heavy (non-hydrogen) atoms. The molecular formula is C16H20BrFN4S. The molecule has 0 saturated heterocycles. The Morgan fingerprint density at radius 2 is 2.22 bits per heavy atom. The predicted molar refractivity (Wildman–Crippen MR) is 97.5 cm³/mol. The maximum absolute atomic E-state index is 13.7. The molecule has 2 N–H and O–H groups in total. The van der Waals surface area contributed by atoms with Crippen molar-refractivity contribution in [2.75, 3.05) is 13.1 Å². The average Bonchev–Trinajstić information content (AvgIpc) is 2.94. The van der Waals surface area contributed by atoms with Crippen LogP contribution in [0.4, 0.5) is 4.39 Å². The number of thiazole rings is 1. The molecule has 0 aliphatic rings. The first-order valence-electron chi connectivity index (χ1n) is 7.46. The van der Waals surface area contributed by atoms with Gasteiger partial charge in [-0.25, -0.2) is 14.4 Å². The largest absolute Gasteiger partial charge is 0.357 e. The van der Waals surface area contributed by atoms with E-state index in [1.54, 1.807) is 23.5 Å². The number of benzene rings is 1.